The van der Waals surface area contributed by atoms with Crippen LogP contribution in [0.25, 0.3) is 11.3 Å². The van der Waals surface area contributed by atoms with Gasteiger partial charge in [0, 0.05) is 17.7 Å². The number of aromatic hydroxyl groups is 1. The van der Waals surface area contributed by atoms with Crippen LogP contribution in [0.15, 0.2) is 41.6 Å². The van der Waals surface area contributed by atoms with Gasteiger partial charge in [0.1, 0.15) is 29.5 Å². The molecule has 35 heavy (non-hydrogen) atoms. The number of hydrogen-bond acceptors (Lipinski definition) is 7. The van der Waals surface area contributed by atoms with Crippen molar-refractivity contribution in [1.82, 2.24) is 4.98 Å². The van der Waals surface area contributed by atoms with E-state index in [0.717, 1.165) is 22.3 Å². The number of oxime groups is 1. The molecule has 0 amide bonds. The van der Waals surface area contributed by atoms with Gasteiger partial charge in [0.15, 0.2) is 11.6 Å². The number of hydrogen-bond donors (Lipinski definition) is 1. The zero-order valence-electron chi connectivity index (χ0n) is 20.1. The lowest BCUT2D eigenvalue weighted by atomic mass is 9.96. The van der Waals surface area contributed by atoms with Crippen molar-refractivity contribution in [3.8, 4) is 28.5 Å². The van der Waals surface area contributed by atoms with Gasteiger partial charge >= 0.3 is 5.97 Å². The third kappa shape index (κ3) is 5.26. The number of halogens is 1. The molecule has 182 valence electrons. The Hall–Kier alpha value is -3.94. The van der Waals surface area contributed by atoms with E-state index in [9.17, 15) is 9.90 Å². The standard InChI is InChI=1S/C27H27FN2O5/c1-5-33-20-8-6-15(2)22(13-20)27-23(31)9-7-18(29-27)11-21-16(3)10-24(26(28)17(21)4)34-14-19-12-25(32)35-30-19/h6-10,13,31H,5,11-12,14H2,1-4H3. The van der Waals surface area contributed by atoms with Crippen LogP contribution in [0.3, 0.4) is 0 Å². The molecule has 1 aromatic heterocycles. The van der Waals surface area contributed by atoms with Gasteiger partial charge in [-0.05, 0) is 80.3 Å². The first-order valence-electron chi connectivity index (χ1n) is 11.4. The highest BCUT2D eigenvalue weighted by Gasteiger charge is 2.21. The van der Waals surface area contributed by atoms with Crippen LogP contribution in [0.4, 0.5) is 4.39 Å². The molecule has 0 spiro atoms. The third-order valence-corrected chi connectivity index (χ3v) is 5.91. The second-order valence-corrected chi connectivity index (χ2v) is 8.45. The molecule has 0 saturated carbocycles. The number of carbonyl (C=O) groups excluding carboxylic acids is 1. The highest BCUT2D eigenvalue weighted by molar-refractivity contribution is 6.02. The summed E-state index contributed by atoms with van der Waals surface area (Å²) in [4.78, 5) is 20.4. The normalized spacial score (nSPS) is 12.9. The van der Waals surface area contributed by atoms with Crippen LogP contribution in [0.1, 0.15) is 41.3 Å². The van der Waals surface area contributed by atoms with Crippen LogP contribution in [-0.4, -0.2) is 35.0 Å². The van der Waals surface area contributed by atoms with E-state index in [4.69, 9.17) is 14.5 Å². The minimum atomic E-state index is -0.476. The van der Waals surface area contributed by atoms with Gasteiger partial charge in [-0.25, -0.2) is 14.2 Å². The molecule has 2 aromatic carbocycles. The van der Waals surface area contributed by atoms with E-state index < -0.39 is 11.8 Å². The number of carbonyl (C=O) groups is 1. The summed E-state index contributed by atoms with van der Waals surface area (Å²) < 4.78 is 26.3. The summed E-state index contributed by atoms with van der Waals surface area (Å²) in [6.45, 7) is 7.94. The average molecular weight is 479 g/mol. The number of rotatable bonds is 8. The maximum Gasteiger partial charge on any atom is 0.340 e. The van der Waals surface area contributed by atoms with Crippen molar-refractivity contribution < 1.29 is 28.6 Å². The lowest BCUT2D eigenvalue weighted by molar-refractivity contribution is -0.140. The fourth-order valence-corrected chi connectivity index (χ4v) is 4.00. The number of pyridine rings is 1. The molecule has 0 unspecified atom stereocenters. The molecule has 0 aliphatic carbocycles. The largest absolute Gasteiger partial charge is 0.506 e. The fraction of sp³-hybridized carbons (Fsp3) is 0.296. The van der Waals surface area contributed by atoms with Crippen LogP contribution in [0, 0.1) is 26.6 Å². The molecule has 1 N–H and O–H groups in total. The lowest BCUT2D eigenvalue weighted by Crippen LogP contribution is -2.12. The molecule has 1 aliphatic heterocycles. The SMILES string of the molecule is CCOc1ccc(C)c(-c2nc(Cc3c(C)cc(OCC4=NOC(=O)C4)c(F)c3C)ccc2O)c1. The first-order valence-corrected chi connectivity index (χ1v) is 11.4. The van der Waals surface area contributed by atoms with Crippen LogP contribution < -0.4 is 9.47 Å². The highest BCUT2D eigenvalue weighted by atomic mass is 19.1. The van der Waals surface area contributed by atoms with Crippen LogP contribution in [0.5, 0.6) is 17.2 Å². The topological polar surface area (TPSA) is 90.2 Å². The Labute approximate surface area is 203 Å². The molecule has 0 bridgehead atoms. The van der Waals surface area contributed by atoms with Gasteiger partial charge in [-0.3, -0.25) is 0 Å². The van der Waals surface area contributed by atoms with Crippen LogP contribution >= 0.6 is 0 Å². The Bertz CT molecular complexity index is 1320. The first kappa shape index (κ1) is 24.2. The second-order valence-electron chi connectivity index (χ2n) is 8.45. The number of aromatic nitrogens is 1. The van der Waals surface area contributed by atoms with Gasteiger partial charge in [-0.15, -0.1) is 0 Å². The fourth-order valence-electron chi connectivity index (χ4n) is 4.00. The van der Waals surface area contributed by atoms with Gasteiger partial charge in [0.2, 0.25) is 0 Å². The van der Waals surface area contributed by atoms with Crippen molar-refractivity contribution in [2.75, 3.05) is 13.2 Å². The molecular formula is C27H27FN2O5. The second kappa shape index (κ2) is 10.1. The number of benzene rings is 2. The van der Waals surface area contributed by atoms with E-state index in [0.29, 0.717) is 41.4 Å². The Morgan fingerprint density at radius 1 is 1.09 bits per heavy atom. The number of nitrogens with zero attached hydrogens (tertiary/aromatic N) is 2. The Kier molecular flexibility index (Phi) is 7.00. The Morgan fingerprint density at radius 3 is 2.60 bits per heavy atom. The molecule has 2 heterocycles. The summed E-state index contributed by atoms with van der Waals surface area (Å²) in [7, 11) is 0. The lowest BCUT2D eigenvalue weighted by Gasteiger charge is -2.16. The van der Waals surface area contributed by atoms with E-state index in [2.05, 4.69) is 9.99 Å². The summed E-state index contributed by atoms with van der Waals surface area (Å²) in [5, 5.41) is 14.2. The van der Waals surface area contributed by atoms with Gasteiger partial charge in [-0.2, -0.15) is 0 Å². The van der Waals surface area contributed by atoms with Gasteiger partial charge in [0.05, 0.1) is 13.0 Å². The monoisotopic (exact) mass is 478 g/mol. The quantitative estimate of drug-likeness (QED) is 0.448. The average Bonchev–Trinajstić information content (AvgIpc) is 3.25. The number of aryl methyl sites for hydroxylation is 2. The highest BCUT2D eigenvalue weighted by Crippen LogP contribution is 2.34. The molecule has 0 atom stereocenters. The molecule has 7 nitrogen and oxygen atoms in total. The predicted molar refractivity (Wildman–Crippen MR) is 130 cm³/mol. The number of ether oxygens (including phenoxy) is 2. The van der Waals surface area contributed by atoms with E-state index in [1.54, 1.807) is 25.1 Å². The van der Waals surface area contributed by atoms with E-state index >= 15 is 4.39 Å². The molecule has 3 aromatic rings. The van der Waals surface area contributed by atoms with E-state index in [1.807, 2.05) is 39.0 Å². The smallest absolute Gasteiger partial charge is 0.340 e. The third-order valence-electron chi connectivity index (χ3n) is 5.91. The van der Waals surface area contributed by atoms with Crippen LogP contribution in [0.2, 0.25) is 0 Å². The van der Waals surface area contributed by atoms with Crippen molar-refractivity contribution in [3.63, 3.8) is 0 Å². The summed E-state index contributed by atoms with van der Waals surface area (Å²) in [5.41, 5.74) is 5.36. The molecular weight excluding hydrogens is 451 g/mol. The molecule has 0 saturated heterocycles. The summed E-state index contributed by atoms with van der Waals surface area (Å²) in [5.74, 6) is -0.0775. The summed E-state index contributed by atoms with van der Waals surface area (Å²) in [6, 6.07) is 10.6. The maximum atomic E-state index is 15.1. The Morgan fingerprint density at radius 2 is 1.89 bits per heavy atom. The minimum Gasteiger partial charge on any atom is -0.506 e. The van der Waals surface area contributed by atoms with Gasteiger partial charge in [-0.1, -0.05) is 11.2 Å². The summed E-state index contributed by atoms with van der Waals surface area (Å²) in [6.07, 6.45) is 0.418. The zero-order chi connectivity index (χ0) is 25.1. The first-order chi connectivity index (χ1) is 16.8. The van der Waals surface area contributed by atoms with Crippen molar-refractivity contribution in [2.45, 2.75) is 40.5 Å². The van der Waals surface area contributed by atoms with E-state index in [-0.39, 0.29) is 24.5 Å². The summed E-state index contributed by atoms with van der Waals surface area (Å²) >= 11 is 0. The molecule has 0 fully saturated rings. The van der Waals surface area contributed by atoms with Crippen molar-refractivity contribution in [3.05, 3.63) is 70.2 Å². The molecule has 1 aliphatic rings. The minimum absolute atomic E-state index is 0.0239. The van der Waals surface area contributed by atoms with Crippen molar-refractivity contribution >= 4 is 11.7 Å². The molecule has 8 heteroatoms. The molecule has 4 rings (SSSR count). The van der Waals surface area contributed by atoms with E-state index in [1.165, 1.54) is 0 Å². The Balaban J connectivity index is 1.60. The van der Waals surface area contributed by atoms with Gasteiger partial charge < -0.3 is 19.4 Å². The molecule has 0 radical (unpaired) electrons. The van der Waals surface area contributed by atoms with Crippen molar-refractivity contribution in [2.24, 2.45) is 5.16 Å². The van der Waals surface area contributed by atoms with Gasteiger partial charge in [0.25, 0.3) is 0 Å². The van der Waals surface area contributed by atoms with Crippen LogP contribution in [-0.2, 0) is 16.1 Å². The zero-order valence-corrected chi connectivity index (χ0v) is 20.1. The maximum absolute atomic E-state index is 15.1. The predicted octanol–water partition coefficient (Wildman–Crippen LogP) is 5.19. The van der Waals surface area contributed by atoms with Crippen molar-refractivity contribution in [1.29, 1.82) is 0 Å².